The first-order valence-electron chi connectivity index (χ1n) is 5.99. The summed E-state index contributed by atoms with van der Waals surface area (Å²) in [5, 5.41) is 0. The molecular weight excluding hydrogens is 208 g/mol. The summed E-state index contributed by atoms with van der Waals surface area (Å²) in [6.07, 6.45) is 1.47. The number of carbonyl (C=O) groups is 1. The van der Waals surface area contributed by atoms with Gasteiger partial charge in [0.15, 0.2) is 0 Å². The van der Waals surface area contributed by atoms with Crippen LogP contribution in [0.5, 0.6) is 0 Å². The maximum Gasteiger partial charge on any atom is 0.145 e. The van der Waals surface area contributed by atoms with Crippen LogP contribution in [0, 0.1) is 0 Å². The number of ketones is 1. The van der Waals surface area contributed by atoms with Crippen molar-refractivity contribution in [2.24, 2.45) is 0 Å². The minimum absolute atomic E-state index is 0.131. The molecule has 3 rings (SSSR count). The SMILES string of the molecule is O=C(Cc1ccccc1)[C@H]1Cc2ccccc21. The van der Waals surface area contributed by atoms with Gasteiger partial charge in [-0.1, -0.05) is 54.6 Å². The molecule has 84 valence electrons. The summed E-state index contributed by atoms with van der Waals surface area (Å²) in [6, 6.07) is 18.2. The molecule has 2 aromatic rings. The Morgan fingerprint density at radius 3 is 2.47 bits per heavy atom. The summed E-state index contributed by atoms with van der Waals surface area (Å²) in [7, 11) is 0. The fraction of sp³-hybridized carbons (Fsp3) is 0.188. The van der Waals surface area contributed by atoms with E-state index in [-0.39, 0.29) is 5.92 Å². The largest absolute Gasteiger partial charge is 0.299 e. The van der Waals surface area contributed by atoms with Gasteiger partial charge >= 0.3 is 0 Å². The highest BCUT2D eigenvalue weighted by molar-refractivity contribution is 5.90. The highest BCUT2D eigenvalue weighted by atomic mass is 16.1. The summed E-state index contributed by atoms with van der Waals surface area (Å²) >= 11 is 0. The van der Waals surface area contributed by atoms with Gasteiger partial charge in [0.2, 0.25) is 0 Å². The first kappa shape index (κ1) is 10.3. The molecule has 0 aliphatic heterocycles. The summed E-state index contributed by atoms with van der Waals surface area (Å²) in [5.41, 5.74) is 3.68. The number of hydrogen-bond donors (Lipinski definition) is 0. The predicted octanol–water partition coefficient (Wildman–Crippen LogP) is 3.14. The Hall–Kier alpha value is -1.89. The minimum Gasteiger partial charge on any atom is -0.299 e. The van der Waals surface area contributed by atoms with Gasteiger partial charge in [0.1, 0.15) is 5.78 Å². The molecule has 1 atom stereocenters. The second-order valence-corrected chi connectivity index (χ2v) is 4.58. The van der Waals surface area contributed by atoms with Crippen molar-refractivity contribution in [3.8, 4) is 0 Å². The fourth-order valence-corrected chi connectivity index (χ4v) is 2.47. The van der Waals surface area contributed by atoms with Crippen LogP contribution in [-0.4, -0.2) is 5.78 Å². The number of fused-ring (bicyclic) bond motifs is 1. The second-order valence-electron chi connectivity index (χ2n) is 4.58. The third-order valence-corrected chi connectivity index (χ3v) is 3.46. The first-order chi connectivity index (χ1) is 8.34. The van der Waals surface area contributed by atoms with Crippen molar-refractivity contribution < 1.29 is 4.79 Å². The molecule has 1 heteroatoms. The van der Waals surface area contributed by atoms with Crippen LogP contribution in [-0.2, 0) is 17.6 Å². The van der Waals surface area contributed by atoms with Crippen LogP contribution in [0.2, 0.25) is 0 Å². The molecule has 0 aromatic heterocycles. The van der Waals surface area contributed by atoms with E-state index in [1.807, 2.05) is 42.5 Å². The monoisotopic (exact) mass is 222 g/mol. The van der Waals surface area contributed by atoms with Crippen molar-refractivity contribution in [1.82, 2.24) is 0 Å². The Morgan fingerprint density at radius 2 is 1.71 bits per heavy atom. The Bertz CT molecular complexity index is 542. The number of rotatable bonds is 3. The summed E-state index contributed by atoms with van der Waals surface area (Å²) in [5.74, 6) is 0.473. The zero-order chi connectivity index (χ0) is 11.7. The zero-order valence-corrected chi connectivity index (χ0v) is 9.60. The topological polar surface area (TPSA) is 17.1 Å². The lowest BCUT2D eigenvalue weighted by Gasteiger charge is -2.28. The molecule has 1 aliphatic rings. The molecule has 0 radical (unpaired) electrons. The maximum atomic E-state index is 12.2. The van der Waals surface area contributed by atoms with Crippen LogP contribution in [0.4, 0.5) is 0 Å². The van der Waals surface area contributed by atoms with Crippen molar-refractivity contribution >= 4 is 5.78 Å². The molecule has 0 spiro atoms. The van der Waals surface area contributed by atoms with Gasteiger partial charge in [-0.3, -0.25) is 4.79 Å². The normalized spacial score (nSPS) is 17.1. The molecule has 0 heterocycles. The molecule has 0 amide bonds. The van der Waals surface area contributed by atoms with Crippen molar-refractivity contribution in [2.45, 2.75) is 18.8 Å². The second kappa shape index (κ2) is 4.17. The number of benzene rings is 2. The van der Waals surface area contributed by atoms with Gasteiger partial charge in [-0.15, -0.1) is 0 Å². The quantitative estimate of drug-likeness (QED) is 0.779. The molecule has 2 aromatic carbocycles. The summed E-state index contributed by atoms with van der Waals surface area (Å²) in [4.78, 5) is 12.2. The van der Waals surface area contributed by atoms with E-state index in [0.717, 1.165) is 12.0 Å². The zero-order valence-electron chi connectivity index (χ0n) is 9.60. The van der Waals surface area contributed by atoms with Gasteiger partial charge in [-0.2, -0.15) is 0 Å². The number of hydrogen-bond acceptors (Lipinski definition) is 1. The number of carbonyl (C=O) groups excluding carboxylic acids is 1. The van der Waals surface area contributed by atoms with Crippen LogP contribution in [0.15, 0.2) is 54.6 Å². The van der Waals surface area contributed by atoms with Crippen LogP contribution >= 0.6 is 0 Å². The average Bonchev–Trinajstić information content (AvgIpc) is 2.32. The molecular formula is C16H14O. The van der Waals surface area contributed by atoms with Gasteiger partial charge in [-0.05, 0) is 23.1 Å². The van der Waals surface area contributed by atoms with Crippen molar-refractivity contribution in [2.75, 3.05) is 0 Å². The lowest BCUT2D eigenvalue weighted by Crippen LogP contribution is -2.26. The average molecular weight is 222 g/mol. The molecule has 17 heavy (non-hydrogen) atoms. The molecule has 1 nitrogen and oxygen atoms in total. The Labute approximate surface area is 101 Å². The van der Waals surface area contributed by atoms with Crippen LogP contribution in [0.3, 0.4) is 0 Å². The van der Waals surface area contributed by atoms with Crippen molar-refractivity contribution in [3.63, 3.8) is 0 Å². The predicted molar refractivity (Wildman–Crippen MR) is 68.0 cm³/mol. The van der Waals surface area contributed by atoms with Gasteiger partial charge < -0.3 is 0 Å². The highest BCUT2D eigenvalue weighted by Crippen LogP contribution is 2.35. The standard InChI is InChI=1S/C16H14O/c17-16(10-12-6-2-1-3-7-12)15-11-13-8-4-5-9-14(13)15/h1-9,15H,10-11H2/t15-/m0/s1. The van der Waals surface area contributed by atoms with E-state index < -0.39 is 0 Å². The summed E-state index contributed by atoms with van der Waals surface area (Å²) in [6.45, 7) is 0. The highest BCUT2D eigenvalue weighted by Gasteiger charge is 2.31. The van der Waals surface area contributed by atoms with E-state index in [4.69, 9.17) is 0 Å². The minimum atomic E-state index is 0.131. The van der Waals surface area contributed by atoms with Crippen LogP contribution in [0.1, 0.15) is 22.6 Å². The van der Waals surface area contributed by atoms with E-state index in [2.05, 4.69) is 12.1 Å². The lowest BCUT2D eigenvalue weighted by molar-refractivity contribution is -0.120. The first-order valence-corrected chi connectivity index (χ1v) is 5.99. The smallest absolute Gasteiger partial charge is 0.145 e. The molecule has 0 saturated carbocycles. The molecule has 0 saturated heterocycles. The maximum absolute atomic E-state index is 12.2. The van der Waals surface area contributed by atoms with Gasteiger partial charge in [0.25, 0.3) is 0 Å². The van der Waals surface area contributed by atoms with E-state index >= 15 is 0 Å². The molecule has 0 N–H and O–H groups in total. The van der Waals surface area contributed by atoms with E-state index in [9.17, 15) is 4.79 Å². The Balaban J connectivity index is 1.74. The van der Waals surface area contributed by atoms with Crippen molar-refractivity contribution in [1.29, 1.82) is 0 Å². The number of Topliss-reactive ketones (excluding diaryl/α,β-unsaturated/α-hetero) is 1. The van der Waals surface area contributed by atoms with Crippen LogP contribution < -0.4 is 0 Å². The fourth-order valence-electron chi connectivity index (χ4n) is 2.47. The van der Waals surface area contributed by atoms with E-state index in [1.54, 1.807) is 0 Å². The van der Waals surface area contributed by atoms with Gasteiger partial charge in [0, 0.05) is 12.3 Å². The molecule has 0 fully saturated rings. The third-order valence-electron chi connectivity index (χ3n) is 3.46. The van der Waals surface area contributed by atoms with E-state index in [1.165, 1.54) is 11.1 Å². The summed E-state index contributed by atoms with van der Waals surface area (Å²) < 4.78 is 0. The molecule has 1 aliphatic carbocycles. The molecule has 0 bridgehead atoms. The molecule has 0 unspecified atom stereocenters. The van der Waals surface area contributed by atoms with E-state index in [0.29, 0.717) is 12.2 Å². The van der Waals surface area contributed by atoms with Crippen molar-refractivity contribution in [3.05, 3.63) is 71.3 Å². The Morgan fingerprint density at radius 1 is 1.00 bits per heavy atom. The third kappa shape index (κ3) is 1.89. The van der Waals surface area contributed by atoms with Crippen LogP contribution in [0.25, 0.3) is 0 Å². The lowest BCUT2D eigenvalue weighted by atomic mass is 9.74. The Kier molecular flexibility index (Phi) is 2.52. The van der Waals surface area contributed by atoms with Gasteiger partial charge in [0.05, 0.1) is 0 Å². The van der Waals surface area contributed by atoms with Gasteiger partial charge in [-0.25, -0.2) is 0 Å².